The van der Waals surface area contributed by atoms with Crippen LogP contribution in [0.5, 0.6) is 5.75 Å². The van der Waals surface area contributed by atoms with Crippen molar-refractivity contribution in [2.75, 3.05) is 13.1 Å². The zero-order chi connectivity index (χ0) is 25.6. The van der Waals surface area contributed by atoms with Crippen molar-refractivity contribution in [2.24, 2.45) is 0 Å². The van der Waals surface area contributed by atoms with E-state index in [-0.39, 0.29) is 49.3 Å². The fraction of sp³-hybridized carbons (Fsp3) is 0.667. The van der Waals surface area contributed by atoms with Gasteiger partial charge in [-0.25, -0.2) is 4.79 Å². The molecule has 2 atom stereocenters. The number of benzene rings is 1. The van der Waals surface area contributed by atoms with E-state index in [9.17, 15) is 27.9 Å². The minimum absolute atomic E-state index is 0.0438. The van der Waals surface area contributed by atoms with Gasteiger partial charge in [0, 0.05) is 48.2 Å². The van der Waals surface area contributed by atoms with Crippen molar-refractivity contribution in [1.29, 1.82) is 0 Å². The Hall–Kier alpha value is -2.24. The normalized spacial score (nSPS) is 32.5. The molecule has 1 aromatic carbocycles. The topological polar surface area (TPSA) is 91.3 Å². The van der Waals surface area contributed by atoms with Gasteiger partial charge in [0.2, 0.25) is 0 Å². The van der Waals surface area contributed by atoms with E-state index in [0.29, 0.717) is 42.3 Å². The summed E-state index contributed by atoms with van der Waals surface area (Å²) in [4.78, 5) is 29.2. The zero-order valence-electron chi connectivity index (χ0n) is 19.5. The number of carbonyl (C=O) groups excluding carboxylic acids is 2. The van der Waals surface area contributed by atoms with Crippen LogP contribution in [0.3, 0.4) is 0 Å². The number of nitrogens with zero attached hydrogens (tertiary/aromatic N) is 2. The first-order valence-corrected chi connectivity index (χ1v) is 12.7. The molecule has 0 spiro atoms. The van der Waals surface area contributed by atoms with Gasteiger partial charge in [0.1, 0.15) is 5.75 Å². The van der Waals surface area contributed by atoms with Crippen molar-refractivity contribution in [2.45, 2.75) is 87.7 Å². The molecule has 3 amide bonds. The second-order valence-corrected chi connectivity index (χ2v) is 10.5. The lowest BCUT2D eigenvalue weighted by Gasteiger charge is -2.41. The first-order valence-electron chi connectivity index (χ1n) is 12.3. The van der Waals surface area contributed by atoms with E-state index < -0.39 is 24.7 Å². The number of alkyl halides is 3. The first-order chi connectivity index (χ1) is 17.1. The molecular weight excluding hydrogens is 503 g/mol. The molecule has 2 N–H and O–H groups in total. The number of urea groups is 1. The minimum Gasteiger partial charge on any atom is -0.480 e. The highest BCUT2D eigenvalue weighted by atomic mass is 35.5. The molecule has 3 fully saturated rings. The van der Waals surface area contributed by atoms with Crippen molar-refractivity contribution >= 4 is 23.5 Å². The zero-order valence-corrected chi connectivity index (χ0v) is 20.3. The Kier molecular flexibility index (Phi) is 6.99. The third-order valence-electron chi connectivity index (χ3n) is 7.70. The van der Waals surface area contributed by atoms with E-state index in [1.807, 2.05) is 4.90 Å². The van der Waals surface area contributed by atoms with Gasteiger partial charge in [-0.15, -0.1) is 13.2 Å². The maximum Gasteiger partial charge on any atom is 0.522 e. The number of hydrogen-bond acceptors (Lipinski definition) is 5. The third kappa shape index (κ3) is 5.38. The average Bonchev–Trinajstić information content (AvgIpc) is 3.17. The Balaban J connectivity index is 1.07. The van der Waals surface area contributed by atoms with Crippen LogP contribution in [0.4, 0.5) is 18.0 Å². The lowest BCUT2D eigenvalue weighted by Crippen LogP contribution is -2.52. The molecule has 2 heterocycles. The Morgan fingerprint density at radius 2 is 1.75 bits per heavy atom. The highest BCUT2D eigenvalue weighted by Gasteiger charge is 2.46. The van der Waals surface area contributed by atoms with E-state index in [1.165, 1.54) is 0 Å². The second-order valence-electron chi connectivity index (χ2n) is 10.0. The number of fused-ring (bicyclic) bond motifs is 1. The number of aliphatic hydroxyl groups is 1. The molecule has 0 radical (unpaired) electrons. The maximum absolute atomic E-state index is 12.9. The molecule has 8 nitrogen and oxygen atoms in total. The van der Waals surface area contributed by atoms with Crippen LogP contribution in [-0.2, 0) is 9.53 Å². The molecule has 1 aromatic rings. The molecule has 0 unspecified atom stereocenters. The quantitative estimate of drug-likeness (QED) is 0.604. The smallest absolute Gasteiger partial charge is 0.480 e. The number of halogens is 4. The van der Waals surface area contributed by atoms with Crippen LogP contribution >= 0.6 is 11.6 Å². The number of hydrogen-bond donors (Lipinski definition) is 2. The Bertz CT molecular complexity index is 998. The van der Waals surface area contributed by atoms with Gasteiger partial charge in [0.15, 0.2) is 6.10 Å². The van der Waals surface area contributed by atoms with Crippen LogP contribution in [0.15, 0.2) is 18.2 Å². The number of nitrogens with one attached hydrogen (secondary N) is 1. The van der Waals surface area contributed by atoms with Crippen molar-refractivity contribution < 1.29 is 37.3 Å². The Morgan fingerprint density at radius 3 is 2.42 bits per heavy atom. The molecule has 0 aromatic heterocycles. The summed E-state index contributed by atoms with van der Waals surface area (Å²) in [7, 11) is 0. The number of aliphatic hydroxyl groups excluding tert-OH is 1. The van der Waals surface area contributed by atoms with Gasteiger partial charge in [0.05, 0.1) is 12.2 Å². The molecule has 4 aliphatic rings. The SMILES string of the molecule is O=C(N[C@H]1CC[C@H](N2CCN(C3CC(OC(F)(F)F)C3)C2=O)CC1)[C@H]1C[C@@H](O)c2cc(Cl)ccc2O1. The van der Waals surface area contributed by atoms with Crippen molar-refractivity contribution in [3.63, 3.8) is 0 Å². The monoisotopic (exact) mass is 531 g/mol. The van der Waals surface area contributed by atoms with Gasteiger partial charge in [-0.2, -0.15) is 0 Å². The first kappa shape index (κ1) is 25.4. The van der Waals surface area contributed by atoms with Crippen molar-refractivity contribution in [3.8, 4) is 5.75 Å². The molecule has 2 aliphatic heterocycles. The summed E-state index contributed by atoms with van der Waals surface area (Å²) in [6, 6.07) is 4.59. The van der Waals surface area contributed by atoms with E-state index in [0.717, 1.165) is 12.8 Å². The molecular formula is C24H29ClF3N3O5. The summed E-state index contributed by atoms with van der Waals surface area (Å²) in [6.45, 7) is 1.06. The molecule has 12 heteroatoms. The van der Waals surface area contributed by atoms with Crippen molar-refractivity contribution in [3.05, 3.63) is 28.8 Å². The molecule has 2 aliphatic carbocycles. The van der Waals surface area contributed by atoms with Crippen LogP contribution in [0.1, 0.15) is 56.6 Å². The van der Waals surface area contributed by atoms with Crippen LogP contribution in [0.25, 0.3) is 0 Å². The summed E-state index contributed by atoms with van der Waals surface area (Å²) >= 11 is 5.98. The van der Waals surface area contributed by atoms with Gasteiger partial charge in [0.25, 0.3) is 5.91 Å². The average molecular weight is 532 g/mol. The van der Waals surface area contributed by atoms with Gasteiger partial charge in [-0.3, -0.25) is 9.53 Å². The summed E-state index contributed by atoms with van der Waals surface area (Å²) in [6.07, 6.45) is -3.76. The molecule has 2 saturated carbocycles. The lowest BCUT2D eigenvalue weighted by atomic mass is 9.88. The van der Waals surface area contributed by atoms with Crippen LogP contribution in [0.2, 0.25) is 5.02 Å². The van der Waals surface area contributed by atoms with E-state index in [2.05, 4.69) is 10.1 Å². The number of ether oxygens (including phenoxy) is 2. The van der Waals surface area contributed by atoms with Gasteiger partial charge in [-0.05, 0) is 56.7 Å². The van der Waals surface area contributed by atoms with E-state index in [4.69, 9.17) is 16.3 Å². The van der Waals surface area contributed by atoms with Gasteiger partial charge >= 0.3 is 12.4 Å². The number of rotatable bonds is 5. The molecule has 0 bridgehead atoms. The second kappa shape index (κ2) is 9.90. The van der Waals surface area contributed by atoms with Gasteiger partial charge < -0.3 is 25.0 Å². The Morgan fingerprint density at radius 1 is 1.08 bits per heavy atom. The van der Waals surface area contributed by atoms with Gasteiger partial charge in [-0.1, -0.05) is 11.6 Å². The predicted molar refractivity (Wildman–Crippen MR) is 122 cm³/mol. The number of carbonyl (C=O) groups is 2. The lowest BCUT2D eigenvalue weighted by molar-refractivity contribution is -0.353. The van der Waals surface area contributed by atoms with Crippen LogP contribution in [-0.4, -0.2) is 76.6 Å². The minimum atomic E-state index is -4.65. The molecule has 1 saturated heterocycles. The molecule has 5 rings (SSSR count). The van der Waals surface area contributed by atoms with E-state index in [1.54, 1.807) is 23.1 Å². The molecule has 36 heavy (non-hydrogen) atoms. The fourth-order valence-corrected chi connectivity index (χ4v) is 5.91. The third-order valence-corrected chi connectivity index (χ3v) is 7.93. The van der Waals surface area contributed by atoms with Crippen LogP contribution in [0, 0.1) is 0 Å². The fourth-order valence-electron chi connectivity index (χ4n) is 5.73. The highest BCUT2D eigenvalue weighted by molar-refractivity contribution is 6.30. The van der Waals surface area contributed by atoms with E-state index >= 15 is 0 Å². The predicted octanol–water partition coefficient (Wildman–Crippen LogP) is 3.76. The maximum atomic E-state index is 12.9. The molecule has 198 valence electrons. The van der Waals surface area contributed by atoms with Crippen molar-refractivity contribution in [1.82, 2.24) is 15.1 Å². The standard InChI is InChI=1S/C24H29ClF3N3O5/c25-13-1-6-20-18(9-13)19(32)12-21(35-20)22(33)29-14-2-4-15(5-3-14)30-7-8-31(23(30)34)16-10-17(11-16)36-24(26,27)28/h1,6,9,14-17,19,21,32H,2-5,7-8,10-12H2,(H,29,33)/t14-,15-,16?,17?,19-,21-/m1/s1. The van der Waals surface area contributed by atoms with Crippen LogP contribution < -0.4 is 10.1 Å². The Labute approximate surface area is 211 Å². The summed E-state index contributed by atoms with van der Waals surface area (Å²) in [5.74, 6) is 0.170. The largest absolute Gasteiger partial charge is 0.522 e. The summed E-state index contributed by atoms with van der Waals surface area (Å²) < 4.78 is 46.9. The summed E-state index contributed by atoms with van der Waals surface area (Å²) in [5.41, 5.74) is 0.571. The number of amides is 3. The summed E-state index contributed by atoms with van der Waals surface area (Å²) in [5, 5.41) is 13.9. The highest BCUT2D eigenvalue weighted by Crippen LogP contribution is 2.38.